The lowest BCUT2D eigenvalue weighted by atomic mass is 10.1. The highest BCUT2D eigenvalue weighted by Crippen LogP contribution is 2.34. The van der Waals surface area contributed by atoms with Crippen LogP contribution in [0, 0.1) is 17.5 Å². The molecule has 1 aromatic carbocycles. The summed E-state index contributed by atoms with van der Waals surface area (Å²) in [5.41, 5.74) is 9.93. The topological polar surface area (TPSA) is 89.8 Å². The maximum absolute atomic E-state index is 14.5. The van der Waals surface area contributed by atoms with Gasteiger partial charge in [-0.25, -0.2) is 18.2 Å². The zero-order valence-corrected chi connectivity index (χ0v) is 11.1. The van der Waals surface area contributed by atoms with Crippen LogP contribution in [0.25, 0.3) is 10.9 Å². The van der Waals surface area contributed by atoms with Crippen LogP contribution < -0.4 is 16.8 Å². The highest BCUT2D eigenvalue weighted by Gasteiger charge is 2.26. The largest absolute Gasteiger partial charge is 0.383 e. The molecule has 1 saturated carbocycles. The number of hydrogen-bond acceptors (Lipinski definition) is 5. The minimum atomic E-state index is -1.31. The van der Waals surface area contributed by atoms with Crippen LogP contribution in [-0.4, -0.2) is 16.0 Å². The van der Waals surface area contributed by atoms with E-state index >= 15 is 0 Å². The van der Waals surface area contributed by atoms with E-state index in [1.54, 1.807) is 0 Å². The van der Waals surface area contributed by atoms with Crippen molar-refractivity contribution in [1.29, 1.82) is 0 Å². The third-order valence-corrected chi connectivity index (χ3v) is 3.72. The molecule has 1 heterocycles. The van der Waals surface area contributed by atoms with Crippen LogP contribution in [0.4, 0.5) is 30.6 Å². The Hall–Kier alpha value is -2.25. The Bertz CT molecular complexity index is 713. The fourth-order valence-electron chi connectivity index (χ4n) is 2.71. The van der Waals surface area contributed by atoms with E-state index in [0.29, 0.717) is 0 Å². The number of aromatic nitrogens is 2. The molecule has 0 bridgehead atoms. The van der Waals surface area contributed by atoms with E-state index in [9.17, 15) is 13.2 Å². The van der Waals surface area contributed by atoms with E-state index in [1.165, 1.54) is 0 Å². The molecule has 2 aromatic rings. The second-order valence-corrected chi connectivity index (χ2v) is 5.13. The summed E-state index contributed by atoms with van der Waals surface area (Å²) >= 11 is 0. The van der Waals surface area contributed by atoms with Gasteiger partial charge in [0.05, 0.1) is 5.39 Å². The molecule has 1 aromatic heterocycles. The first-order chi connectivity index (χ1) is 9.99. The highest BCUT2D eigenvalue weighted by molar-refractivity contribution is 5.92. The Morgan fingerprint density at radius 2 is 1.62 bits per heavy atom. The quantitative estimate of drug-likeness (QED) is 0.741. The Morgan fingerprint density at radius 1 is 0.952 bits per heavy atom. The van der Waals surface area contributed by atoms with E-state index < -0.39 is 34.0 Å². The Labute approximate surface area is 118 Å². The predicted octanol–water partition coefficient (Wildman–Crippen LogP) is 2.57. The first kappa shape index (κ1) is 13.7. The van der Waals surface area contributed by atoms with Gasteiger partial charge in [-0.2, -0.15) is 4.98 Å². The van der Waals surface area contributed by atoms with Crippen LogP contribution in [0.1, 0.15) is 25.7 Å². The molecule has 8 heteroatoms. The van der Waals surface area contributed by atoms with E-state index in [4.69, 9.17) is 11.5 Å². The minimum Gasteiger partial charge on any atom is -0.383 e. The number of nitrogens with zero attached hydrogens (tertiary/aromatic N) is 2. The number of nitrogens with one attached hydrogen (secondary N) is 1. The number of nitrogens with two attached hydrogens (primary N) is 2. The average molecular weight is 297 g/mol. The maximum atomic E-state index is 14.5. The molecule has 3 rings (SSSR count). The van der Waals surface area contributed by atoms with Gasteiger partial charge < -0.3 is 16.8 Å². The van der Waals surface area contributed by atoms with Crippen molar-refractivity contribution in [2.75, 3.05) is 16.8 Å². The molecule has 1 fully saturated rings. The van der Waals surface area contributed by atoms with Crippen molar-refractivity contribution in [3.05, 3.63) is 17.5 Å². The average Bonchev–Trinajstić information content (AvgIpc) is 2.93. The molecule has 0 aliphatic heterocycles. The lowest BCUT2D eigenvalue weighted by molar-refractivity contribution is 0.506. The number of hydrogen-bond donors (Lipinski definition) is 3. The predicted molar refractivity (Wildman–Crippen MR) is 74.1 cm³/mol. The van der Waals surface area contributed by atoms with E-state index in [-0.39, 0.29) is 17.8 Å². The highest BCUT2D eigenvalue weighted by atomic mass is 19.2. The normalized spacial score (nSPS) is 15.8. The van der Waals surface area contributed by atoms with Crippen molar-refractivity contribution >= 4 is 28.4 Å². The van der Waals surface area contributed by atoms with Crippen molar-refractivity contribution in [2.45, 2.75) is 31.7 Å². The molecular formula is C13H14F3N5. The van der Waals surface area contributed by atoms with Crippen molar-refractivity contribution < 1.29 is 13.2 Å². The van der Waals surface area contributed by atoms with Crippen LogP contribution in [0.2, 0.25) is 0 Å². The van der Waals surface area contributed by atoms with Crippen LogP contribution in [-0.2, 0) is 0 Å². The van der Waals surface area contributed by atoms with E-state index in [1.807, 2.05) is 0 Å². The summed E-state index contributed by atoms with van der Waals surface area (Å²) < 4.78 is 42.7. The monoisotopic (exact) mass is 297 g/mol. The molecule has 0 radical (unpaired) electrons. The number of nitrogen functional groups attached to an aromatic ring is 2. The molecule has 0 saturated heterocycles. The molecule has 112 valence electrons. The summed E-state index contributed by atoms with van der Waals surface area (Å²) in [6, 6.07) is -0.0811. The minimum absolute atomic E-state index is 0.0811. The molecule has 5 N–H and O–H groups in total. The number of fused-ring (bicyclic) bond motifs is 1. The fourth-order valence-corrected chi connectivity index (χ4v) is 2.71. The Balaban J connectivity index is 2.20. The lowest BCUT2D eigenvalue weighted by Crippen LogP contribution is -2.18. The fraction of sp³-hybridized carbons (Fsp3) is 0.385. The van der Waals surface area contributed by atoms with Crippen molar-refractivity contribution in [3.8, 4) is 0 Å². The summed E-state index contributed by atoms with van der Waals surface area (Å²) in [5.74, 6) is -4.27. The second-order valence-electron chi connectivity index (χ2n) is 5.13. The molecule has 1 aliphatic carbocycles. The third-order valence-electron chi connectivity index (χ3n) is 3.72. The molecule has 5 nitrogen and oxygen atoms in total. The van der Waals surface area contributed by atoms with Crippen molar-refractivity contribution in [1.82, 2.24) is 9.97 Å². The van der Waals surface area contributed by atoms with Gasteiger partial charge in [0.15, 0.2) is 17.5 Å². The standard InChI is InChI=1S/C13H14F3N5/c14-7-6-10(20-13(18)21-12(6)17)9(16)11(8(7)15)19-5-3-1-2-4-5/h5,19H,1-4H2,(H4,17,18,20,21). The number of halogens is 3. The molecular weight excluding hydrogens is 283 g/mol. The van der Waals surface area contributed by atoms with Crippen molar-refractivity contribution in [3.63, 3.8) is 0 Å². The number of rotatable bonds is 2. The molecule has 21 heavy (non-hydrogen) atoms. The first-order valence-electron chi connectivity index (χ1n) is 6.64. The Kier molecular flexibility index (Phi) is 3.23. The SMILES string of the molecule is Nc1nc(N)c2c(F)c(F)c(NC3CCCC3)c(F)c2n1. The van der Waals surface area contributed by atoms with E-state index in [2.05, 4.69) is 15.3 Å². The van der Waals surface area contributed by atoms with Crippen LogP contribution in [0.15, 0.2) is 0 Å². The number of benzene rings is 1. The van der Waals surface area contributed by atoms with Crippen LogP contribution in [0.3, 0.4) is 0 Å². The zero-order chi connectivity index (χ0) is 15.1. The summed E-state index contributed by atoms with van der Waals surface area (Å²) in [4.78, 5) is 7.17. The summed E-state index contributed by atoms with van der Waals surface area (Å²) in [6.07, 6.45) is 3.51. The third kappa shape index (κ3) is 2.20. The van der Waals surface area contributed by atoms with Gasteiger partial charge in [0.25, 0.3) is 0 Å². The Morgan fingerprint density at radius 3 is 2.29 bits per heavy atom. The summed E-state index contributed by atoms with van der Waals surface area (Å²) in [7, 11) is 0. The smallest absolute Gasteiger partial charge is 0.222 e. The first-order valence-corrected chi connectivity index (χ1v) is 6.64. The van der Waals surface area contributed by atoms with Gasteiger partial charge >= 0.3 is 0 Å². The molecule has 0 unspecified atom stereocenters. The molecule has 0 amide bonds. The van der Waals surface area contributed by atoms with Gasteiger partial charge in [-0.3, -0.25) is 0 Å². The van der Waals surface area contributed by atoms with Crippen molar-refractivity contribution in [2.24, 2.45) is 0 Å². The van der Waals surface area contributed by atoms with Gasteiger partial charge in [0.1, 0.15) is 17.0 Å². The van der Waals surface area contributed by atoms with Gasteiger partial charge in [0, 0.05) is 6.04 Å². The van der Waals surface area contributed by atoms with Gasteiger partial charge in [-0.15, -0.1) is 0 Å². The van der Waals surface area contributed by atoms with Crippen LogP contribution in [0.5, 0.6) is 0 Å². The van der Waals surface area contributed by atoms with E-state index in [0.717, 1.165) is 25.7 Å². The van der Waals surface area contributed by atoms with Crippen LogP contribution >= 0.6 is 0 Å². The molecule has 0 atom stereocenters. The summed E-state index contributed by atoms with van der Waals surface area (Å²) in [5, 5.41) is 2.23. The van der Waals surface area contributed by atoms with Gasteiger partial charge in [-0.1, -0.05) is 12.8 Å². The second kappa shape index (κ2) is 4.94. The van der Waals surface area contributed by atoms with Gasteiger partial charge in [0.2, 0.25) is 5.95 Å². The number of anilines is 3. The zero-order valence-electron chi connectivity index (χ0n) is 11.1. The van der Waals surface area contributed by atoms with Gasteiger partial charge in [-0.05, 0) is 12.8 Å². The lowest BCUT2D eigenvalue weighted by Gasteiger charge is -2.17. The molecule has 1 aliphatic rings. The maximum Gasteiger partial charge on any atom is 0.222 e. The summed E-state index contributed by atoms with van der Waals surface area (Å²) in [6.45, 7) is 0. The molecule has 0 spiro atoms.